The lowest BCUT2D eigenvalue weighted by atomic mass is 10.1. The lowest BCUT2D eigenvalue weighted by Crippen LogP contribution is -2.16. The van der Waals surface area contributed by atoms with Crippen LogP contribution in [0.15, 0.2) is 23.4 Å². The molecular weight excluding hydrogens is 243 g/mol. The van der Waals surface area contributed by atoms with Gasteiger partial charge in [-0.05, 0) is 25.0 Å². The first-order valence-electron chi connectivity index (χ1n) is 5.54. The Morgan fingerprint density at radius 1 is 1.33 bits per heavy atom. The molecule has 0 aliphatic carbocycles. The third kappa shape index (κ3) is 3.72. The molecule has 1 aromatic heterocycles. The van der Waals surface area contributed by atoms with Crippen LogP contribution in [0.5, 0.6) is 0 Å². The van der Waals surface area contributed by atoms with Gasteiger partial charge in [0.15, 0.2) is 0 Å². The number of hydrogen-bond donors (Lipinski definition) is 0. The van der Waals surface area contributed by atoms with Crippen molar-refractivity contribution < 1.29 is 13.2 Å². The van der Waals surface area contributed by atoms with Gasteiger partial charge in [0.2, 0.25) is 0 Å². The molecule has 0 aliphatic rings. The lowest BCUT2D eigenvalue weighted by Gasteiger charge is -2.15. The van der Waals surface area contributed by atoms with Crippen molar-refractivity contribution in [1.82, 2.24) is 4.98 Å². The van der Waals surface area contributed by atoms with Crippen molar-refractivity contribution in [2.24, 2.45) is 11.0 Å². The topological polar surface area (TPSA) is 28.5 Å². The Morgan fingerprint density at radius 2 is 1.94 bits per heavy atom. The third-order valence-corrected chi connectivity index (χ3v) is 2.55. The Morgan fingerprint density at radius 3 is 2.33 bits per heavy atom. The molecule has 3 nitrogen and oxygen atoms in total. The van der Waals surface area contributed by atoms with Crippen molar-refractivity contribution >= 4 is 11.5 Å². The van der Waals surface area contributed by atoms with Crippen LogP contribution in [0.3, 0.4) is 0 Å². The minimum atomic E-state index is -4.36. The fourth-order valence-corrected chi connectivity index (χ4v) is 1.15. The molecule has 0 fully saturated rings. The van der Waals surface area contributed by atoms with Gasteiger partial charge in [-0.25, -0.2) is 4.98 Å². The van der Waals surface area contributed by atoms with Crippen LogP contribution in [0.4, 0.5) is 19.0 Å². The molecule has 1 rings (SSSR count). The van der Waals surface area contributed by atoms with Gasteiger partial charge < -0.3 is 0 Å². The molecule has 0 N–H and O–H groups in total. The maximum absolute atomic E-state index is 12.4. The fourth-order valence-electron chi connectivity index (χ4n) is 1.15. The van der Waals surface area contributed by atoms with E-state index >= 15 is 0 Å². The molecular formula is C12H16F3N3. The van der Waals surface area contributed by atoms with Crippen molar-refractivity contribution in [2.45, 2.75) is 26.9 Å². The molecule has 6 heteroatoms. The van der Waals surface area contributed by atoms with Gasteiger partial charge in [0.25, 0.3) is 0 Å². The van der Waals surface area contributed by atoms with Crippen LogP contribution in [0, 0.1) is 5.92 Å². The Balaban J connectivity index is 2.89. The van der Waals surface area contributed by atoms with Gasteiger partial charge in [0, 0.05) is 19.0 Å². The van der Waals surface area contributed by atoms with Crippen LogP contribution in [0.25, 0.3) is 0 Å². The van der Waals surface area contributed by atoms with Crippen LogP contribution >= 0.6 is 0 Å². The highest BCUT2D eigenvalue weighted by atomic mass is 19.4. The van der Waals surface area contributed by atoms with E-state index in [1.54, 1.807) is 7.05 Å². The van der Waals surface area contributed by atoms with Gasteiger partial charge in [0.05, 0.1) is 5.56 Å². The summed E-state index contributed by atoms with van der Waals surface area (Å²) in [6.45, 7) is 5.85. The second-order valence-electron chi connectivity index (χ2n) is 4.32. The summed E-state index contributed by atoms with van der Waals surface area (Å²) in [5.74, 6) is 0.657. The van der Waals surface area contributed by atoms with E-state index in [4.69, 9.17) is 0 Å². The zero-order valence-corrected chi connectivity index (χ0v) is 10.8. The van der Waals surface area contributed by atoms with Crippen LogP contribution < -0.4 is 5.01 Å². The van der Waals surface area contributed by atoms with Crippen LogP contribution in [0.2, 0.25) is 0 Å². The maximum Gasteiger partial charge on any atom is 0.417 e. The summed E-state index contributed by atoms with van der Waals surface area (Å²) < 4.78 is 37.1. The first kappa shape index (κ1) is 14.5. The highest BCUT2D eigenvalue weighted by molar-refractivity contribution is 5.84. The molecule has 1 aromatic rings. The van der Waals surface area contributed by atoms with Gasteiger partial charge >= 0.3 is 6.18 Å². The number of anilines is 1. The zero-order chi connectivity index (χ0) is 13.9. The van der Waals surface area contributed by atoms with Crippen LogP contribution in [-0.4, -0.2) is 17.7 Å². The molecule has 0 bridgehead atoms. The van der Waals surface area contributed by atoms with E-state index in [1.807, 2.05) is 20.8 Å². The largest absolute Gasteiger partial charge is 0.417 e. The molecule has 0 spiro atoms. The number of pyridine rings is 1. The van der Waals surface area contributed by atoms with Gasteiger partial charge in [-0.2, -0.15) is 18.3 Å². The van der Waals surface area contributed by atoms with Gasteiger partial charge in [-0.3, -0.25) is 5.01 Å². The SMILES string of the molecule is C/C(=N/N(C)c1ccc(C(F)(F)F)cn1)C(C)C. The molecule has 0 atom stereocenters. The summed E-state index contributed by atoms with van der Waals surface area (Å²) in [6.07, 6.45) is -3.55. The van der Waals surface area contributed by atoms with E-state index in [-0.39, 0.29) is 5.92 Å². The Hall–Kier alpha value is -1.59. The first-order valence-corrected chi connectivity index (χ1v) is 5.54. The number of hydrazone groups is 1. The molecule has 0 aromatic carbocycles. The molecule has 0 amide bonds. The molecule has 0 aliphatic heterocycles. The summed E-state index contributed by atoms with van der Waals surface area (Å²) in [5.41, 5.74) is 0.128. The van der Waals surface area contributed by atoms with Crippen molar-refractivity contribution in [1.29, 1.82) is 0 Å². The summed E-state index contributed by atoms with van der Waals surface area (Å²) in [6, 6.07) is 2.30. The van der Waals surface area contributed by atoms with E-state index < -0.39 is 11.7 Å². The third-order valence-electron chi connectivity index (χ3n) is 2.55. The van der Waals surface area contributed by atoms with E-state index in [0.717, 1.165) is 18.0 Å². The fraction of sp³-hybridized carbons (Fsp3) is 0.500. The van der Waals surface area contributed by atoms with Crippen molar-refractivity contribution in [3.8, 4) is 0 Å². The monoisotopic (exact) mass is 259 g/mol. The lowest BCUT2D eigenvalue weighted by molar-refractivity contribution is -0.137. The first-order chi connectivity index (χ1) is 8.21. The van der Waals surface area contributed by atoms with Crippen molar-refractivity contribution in [3.63, 3.8) is 0 Å². The smallest absolute Gasteiger partial charge is 0.251 e. The Bertz CT molecular complexity index is 421. The molecule has 0 saturated heterocycles. The molecule has 100 valence electrons. The summed E-state index contributed by atoms with van der Waals surface area (Å²) in [7, 11) is 1.65. The number of aromatic nitrogens is 1. The van der Waals surface area contributed by atoms with Crippen molar-refractivity contribution in [2.75, 3.05) is 12.1 Å². The van der Waals surface area contributed by atoms with Crippen LogP contribution in [0.1, 0.15) is 26.3 Å². The second kappa shape index (κ2) is 5.37. The normalized spacial score (nSPS) is 13.0. The summed E-state index contributed by atoms with van der Waals surface area (Å²) >= 11 is 0. The number of alkyl halides is 3. The second-order valence-corrected chi connectivity index (χ2v) is 4.32. The minimum absolute atomic E-state index is 0.280. The van der Waals surface area contributed by atoms with Crippen molar-refractivity contribution in [3.05, 3.63) is 23.9 Å². The molecule has 1 heterocycles. The van der Waals surface area contributed by atoms with Gasteiger partial charge in [-0.1, -0.05) is 13.8 Å². The van der Waals surface area contributed by atoms with Gasteiger partial charge in [-0.15, -0.1) is 0 Å². The Labute approximate surface area is 104 Å². The molecule has 18 heavy (non-hydrogen) atoms. The quantitative estimate of drug-likeness (QED) is 0.613. The average Bonchev–Trinajstić information content (AvgIpc) is 2.27. The van der Waals surface area contributed by atoms with E-state index in [0.29, 0.717) is 5.82 Å². The minimum Gasteiger partial charge on any atom is -0.251 e. The molecule has 0 radical (unpaired) electrons. The highest BCUT2D eigenvalue weighted by Gasteiger charge is 2.30. The van der Waals surface area contributed by atoms with Gasteiger partial charge in [0.1, 0.15) is 5.82 Å². The average molecular weight is 259 g/mol. The molecule has 0 saturated carbocycles. The summed E-state index contributed by atoms with van der Waals surface area (Å²) in [5, 5.41) is 5.71. The standard InChI is InChI=1S/C12H16F3N3/c1-8(2)9(3)17-18(4)11-6-5-10(7-16-11)12(13,14)15/h5-8H,1-4H3/b17-9-. The number of hydrogen-bond acceptors (Lipinski definition) is 3. The number of rotatable bonds is 3. The van der Waals surface area contributed by atoms with E-state index in [2.05, 4.69) is 10.1 Å². The Kier molecular flexibility index (Phi) is 4.32. The predicted molar refractivity (Wildman–Crippen MR) is 65.6 cm³/mol. The number of nitrogens with zero attached hydrogens (tertiary/aromatic N) is 3. The summed E-state index contributed by atoms with van der Waals surface area (Å²) in [4.78, 5) is 3.76. The molecule has 0 unspecified atom stereocenters. The van der Waals surface area contributed by atoms with E-state index in [1.165, 1.54) is 11.1 Å². The zero-order valence-electron chi connectivity index (χ0n) is 10.8. The predicted octanol–water partition coefficient (Wildman–Crippen LogP) is 3.57. The highest BCUT2D eigenvalue weighted by Crippen LogP contribution is 2.29. The van der Waals surface area contributed by atoms with Crippen LogP contribution in [-0.2, 0) is 6.18 Å². The maximum atomic E-state index is 12.4. The van der Waals surface area contributed by atoms with E-state index in [9.17, 15) is 13.2 Å². The number of halogens is 3.